The first kappa shape index (κ1) is 8.81. The lowest BCUT2D eigenvalue weighted by Crippen LogP contribution is -2.01. The summed E-state index contributed by atoms with van der Waals surface area (Å²) in [5, 5.41) is 4.09. The summed E-state index contributed by atoms with van der Waals surface area (Å²) >= 11 is 0. The van der Waals surface area contributed by atoms with Gasteiger partial charge in [0.25, 0.3) is 0 Å². The predicted octanol–water partition coefficient (Wildman–Crippen LogP) is 1.74. The monoisotopic (exact) mass is 187 g/mol. The largest absolute Gasteiger partial charge is 0.496 e. The summed E-state index contributed by atoms with van der Waals surface area (Å²) in [6, 6.07) is 9.69. The molecule has 2 aromatic rings. The van der Waals surface area contributed by atoms with E-state index in [9.17, 15) is 0 Å². The Kier molecular flexibility index (Phi) is 2.49. The van der Waals surface area contributed by atoms with Crippen LogP contribution in [0.25, 0.3) is 0 Å². The SMILES string of the molecule is COc1ccccc1Cn1[c]ccn1. The van der Waals surface area contributed by atoms with E-state index in [4.69, 9.17) is 4.74 Å². The van der Waals surface area contributed by atoms with Gasteiger partial charge < -0.3 is 4.74 Å². The van der Waals surface area contributed by atoms with Crippen molar-refractivity contribution >= 4 is 0 Å². The van der Waals surface area contributed by atoms with Crippen LogP contribution in [0.5, 0.6) is 5.75 Å². The molecule has 0 aliphatic heterocycles. The van der Waals surface area contributed by atoms with Gasteiger partial charge in [0.2, 0.25) is 0 Å². The van der Waals surface area contributed by atoms with E-state index in [2.05, 4.69) is 11.3 Å². The van der Waals surface area contributed by atoms with E-state index < -0.39 is 0 Å². The van der Waals surface area contributed by atoms with Gasteiger partial charge >= 0.3 is 0 Å². The van der Waals surface area contributed by atoms with Crippen molar-refractivity contribution in [1.29, 1.82) is 0 Å². The Bertz CT molecular complexity index is 395. The van der Waals surface area contributed by atoms with Crippen LogP contribution in [-0.4, -0.2) is 16.9 Å². The maximum atomic E-state index is 5.24. The smallest absolute Gasteiger partial charge is 0.123 e. The van der Waals surface area contributed by atoms with E-state index in [0.29, 0.717) is 6.54 Å². The van der Waals surface area contributed by atoms with Crippen LogP contribution in [0.1, 0.15) is 5.56 Å². The van der Waals surface area contributed by atoms with E-state index in [1.165, 1.54) is 0 Å². The number of methoxy groups -OCH3 is 1. The summed E-state index contributed by atoms with van der Waals surface area (Å²) in [5.74, 6) is 0.886. The van der Waals surface area contributed by atoms with E-state index >= 15 is 0 Å². The van der Waals surface area contributed by atoms with Crippen molar-refractivity contribution in [3.05, 3.63) is 48.3 Å². The number of ether oxygens (including phenoxy) is 1. The zero-order valence-electron chi connectivity index (χ0n) is 7.97. The Morgan fingerprint density at radius 1 is 1.43 bits per heavy atom. The molecule has 1 aromatic heterocycles. The van der Waals surface area contributed by atoms with Crippen molar-refractivity contribution in [3.63, 3.8) is 0 Å². The second-order valence-corrected chi connectivity index (χ2v) is 2.93. The van der Waals surface area contributed by atoms with Gasteiger partial charge in [-0.1, -0.05) is 18.2 Å². The Hall–Kier alpha value is -1.77. The average Bonchev–Trinajstić information content (AvgIpc) is 2.71. The van der Waals surface area contributed by atoms with Gasteiger partial charge in [0.05, 0.1) is 19.9 Å². The summed E-state index contributed by atoms with van der Waals surface area (Å²) in [7, 11) is 1.67. The molecule has 0 saturated heterocycles. The number of rotatable bonds is 3. The minimum absolute atomic E-state index is 0.691. The van der Waals surface area contributed by atoms with Crippen molar-refractivity contribution < 1.29 is 4.74 Å². The fourth-order valence-corrected chi connectivity index (χ4v) is 1.35. The number of hydrogen-bond donors (Lipinski definition) is 0. The topological polar surface area (TPSA) is 27.1 Å². The zero-order chi connectivity index (χ0) is 9.80. The minimum Gasteiger partial charge on any atom is -0.496 e. The third-order valence-electron chi connectivity index (χ3n) is 2.02. The number of benzene rings is 1. The first-order chi connectivity index (χ1) is 6.90. The third-order valence-corrected chi connectivity index (χ3v) is 2.02. The fraction of sp³-hybridized carbons (Fsp3) is 0.182. The van der Waals surface area contributed by atoms with Gasteiger partial charge in [-0.2, -0.15) is 5.10 Å². The molecule has 1 heterocycles. The molecule has 71 valence electrons. The van der Waals surface area contributed by atoms with Gasteiger partial charge in [-0.15, -0.1) is 0 Å². The Morgan fingerprint density at radius 3 is 3.00 bits per heavy atom. The van der Waals surface area contributed by atoms with Crippen LogP contribution in [0.4, 0.5) is 0 Å². The van der Waals surface area contributed by atoms with Crippen LogP contribution in [0.2, 0.25) is 0 Å². The van der Waals surface area contributed by atoms with Crippen molar-refractivity contribution in [2.24, 2.45) is 0 Å². The first-order valence-corrected chi connectivity index (χ1v) is 4.41. The van der Waals surface area contributed by atoms with E-state index in [1.807, 2.05) is 24.3 Å². The molecule has 0 amide bonds. The summed E-state index contributed by atoms with van der Waals surface area (Å²) in [6.07, 6.45) is 4.70. The molecule has 3 heteroatoms. The standard InChI is InChI=1S/C11H11N2O/c1-14-11-6-3-2-5-10(11)9-13-8-4-7-12-13/h2-7H,9H2,1H3. The molecule has 14 heavy (non-hydrogen) atoms. The quantitative estimate of drug-likeness (QED) is 0.731. The summed E-state index contributed by atoms with van der Waals surface area (Å²) in [4.78, 5) is 0. The van der Waals surface area contributed by atoms with Crippen molar-refractivity contribution in [2.45, 2.75) is 6.54 Å². The first-order valence-electron chi connectivity index (χ1n) is 4.41. The van der Waals surface area contributed by atoms with Gasteiger partial charge in [-0.25, -0.2) is 0 Å². The molecule has 0 bridgehead atoms. The van der Waals surface area contributed by atoms with Crippen LogP contribution in [0.15, 0.2) is 36.5 Å². The van der Waals surface area contributed by atoms with Crippen LogP contribution < -0.4 is 4.74 Å². The molecule has 0 N–H and O–H groups in total. The van der Waals surface area contributed by atoms with Crippen molar-refractivity contribution in [1.82, 2.24) is 9.78 Å². The number of para-hydroxylation sites is 1. The highest BCUT2D eigenvalue weighted by atomic mass is 16.5. The predicted molar refractivity (Wildman–Crippen MR) is 53.2 cm³/mol. The second-order valence-electron chi connectivity index (χ2n) is 2.93. The van der Waals surface area contributed by atoms with Gasteiger partial charge in [0.15, 0.2) is 0 Å². The lowest BCUT2D eigenvalue weighted by molar-refractivity contribution is 0.407. The van der Waals surface area contributed by atoms with Crippen LogP contribution in [0, 0.1) is 6.20 Å². The lowest BCUT2D eigenvalue weighted by Gasteiger charge is -2.07. The van der Waals surface area contributed by atoms with Gasteiger partial charge in [0.1, 0.15) is 5.75 Å². The number of aromatic nitrogens is 2. The van der Waals surface area contributed by atoms with E-state index in [-0.39, 0.29) is 0 Å². The molecular weight excluding hydrogens is 176 g/mol. The van der Waals surface area contributed by atoms with E-state index in [0.717, 1.165) is 11.3 Å². The van der Waals surface area contributed by atoms with Crippen molar-refractivity contribution in [3.8, 4) is 5.75 Å². The average molecular weight is 187 g/mol. The van der Waals surface area contributed by atoms with Gasteiger partial charge in [-0.3, -0.25) is 4.68 Å². The molecule has 0 saturated carbocycles. The third kappa shape index (κ3) is 1.76. The second kappa shape index (κ2) is 3.96. The molecule has 0 atom stereocenters. The van der Waals surface area contributed by atoms with Crippen LogP contribution in [-0.2, 0) is 6.54 Å². The lowest BCUT2D eigenvalue weighted by atomic mass is 10.2. The molecule has 0 fully saturated rings. The molecule has 3 nitrogen and oxygen atoms in total. The molecule has 1 radical (unpaired) electrons. The summed E-state index contributed by atoms with van der Waals surface area (Å²) in [5.41, 5.74) is 1.11. The number of nitrogens with zero attached hydrogens (tertiary/aromatic N) is 2. The van der Waals surface area contributed by atoms with Crippen LogP contribution >= 0.6 is 0 Å². The normalized spacial score (nSPS) is 10.1. The summed E-state index contributed by atoms with van der Waals surface area (Å²) < 4.78 is 6.99. The summed E-state index contributed by atoms with van der Waals surface area (Å²) in [6.45, 7) is 0.691. The minimum atomic E-state index is 0.691. The Balaban J connectivity index is 2.24. The molecule has 2 rings (SSSR count). The maximum Gasteiger partial charge on any atom is 0.123 e. The highest BCUT2D eigenvalue weighted by Crippen LogP contribution is 2.17. The molecular formula is C11H11N2O. The molecule has 0 aliphatic carbocycles. The molecule has 0 spiro atoms. The van der Waals surface area contributed by atoms with Crippen LogP contribution in [0.3, 0.4) is 0 Å². The number of hydrogen-bond acceptors (Lipinski definition) is 2. The highest BCUT2D eigenvalue weighted by molar-refractivity contribution is 5.33. The molecule has 0 aliphatic rings. The fourth-order valence-electron chi connectivity index (χ4n) is 1.35. The molecule has 0 unspecified atom stereocenters. The maximum absolute atomic E-state index is 5.24. The zero-order valence-corrected chi connectivity index (χ0v) is 7.97. The Labute approximate surface area is 82.9 Å². The van der Waals surface area contributed by atoms with Gasteiger partial charge in [-0.05, 0) is 12.1 Å². The Morgan fingerprint density at radius 2 is 2.29 bits per heavy atom. The highest BCUT2D eigenvalue weighted by Gasteiger charge is 2.01. The van der Waals surface area contributed by atoms with Crippen molar-refractivity contribution in [2.75, 3.05) is 7.11 Å². The molecule has 1 aromatic carbocycles. The van der Waals surface area contributed by atoms with E-state index in [1.54, 1.807) is 24.1 Å². The van der Waals surface area contributed by atoms with Gasteiger partial charge in [0, 0.05) is 11.8 Å².